The molecule has 1 aliphatic heterocycles. The molecule has 1 aromatic rings. The first-order chi connectivity index (χ1) is 9.72. The van der Waals surface area contributed by atoms with Gasteiger partial charge in [-0.2, -0.15) is 0 Å². The fourth-order valence-electron chi connectivity index (χ4n) is 2.28. The molecule has 1 aromatic carbocycles. The van der Waals surface area contributed by atoms with Crippen molar-refractivity contribution in [2.45, 2.75) is 37.6 Å². The van der Waals surface area contributed by atoms with Crippen molar-refractivity contribution in [3.05, 3.63) is 23.8 Å². The Hall–Kier alpha value is -1.07. The average molecular weight is 342 g/mol. The molecule has 0 bridgehead atoms. The van der Waals surface area contributed by atoms with Gasteiger partial charge in [-0.3, -0.25) is 4.79 Å². The second-order valence-corrected chi connectivity index (χ2v) is 5.34. The van der Waals surface area contributed by atoms with E-state index in [1.165, 1.54) is 0 Å². The Labute approximate surface area is 128 Å². The maximum Gasteiger partial charge on any atom is 0.226 e. The lowest BCUT2D eigenvalue weighted by molar-refractivity contribution is -0.118. The Morgan fingerprint density at radius 2 is 2.40 bits per heavy atom. The van der Waals surface area contributed by atoms with Crippen LogP contribution in [0.2, 0.25) is 0 Å². The molecule has 1 amide bonds. The standard InChI is InChI=1S/C15H20BrNO3/c1-2-19-14-6-5-12(8-11(14)10-16)17-15(18)9-13-4-3-7-20-13/h5-6,8,13H,2-4,7,9-10H2,1H3,(H,17,18). The number of rotatable bonds is 6. The molecular weight excluding hydrogens is 322 g/mol. The van der Waals surface area contributed by atoms with Gasteiger partial charge >= 0.3 is 0 Å². The van der Waals surface area contributed by atoms with E-state index in [0.29, 0.717) is 18.4 Å². The molecule has 1 unspecified atom stereocenters. The third-order valence-corrected chi connectivity index (χ3v) is 3.83. The second kappa shape index (κ2) is 7.64. The molecule has 0 radical (unpaired) electrons. The molecule has 110 valence electrons. The minimum Gasteiger partial charge on any atom is -0.494 e. The van der Waals surface area contributed by atoms with E-state index in [1.54, 1.807) is 0 Å². The van der Waals surface area contributed by atoms with Gasteiger partial charge in [0.1, 0.15) is 5.75 Å². The van der Waals surface area contributed by atoms with E-state index in [2.05, 4.69) is 21.2 Å². The Bertz CT molecular complexity index is 458. The molecule has 20 heavy (non-hydrogen) atoms. The summed E-state index contributed by atoms with van der Waals surface area (Å²) in [7, 11) is 0. The molecule has 1 N–H and O–H groups in total. The zero-order valence-electron chi connectivity index (χ0n) is 11.7. The number of nitrogens with one attached hydrogen (secondary N) is 1. The van der Waals surface area contributed by atoms with Gasteiger partial charge < -0.3 is 14.8 Å². The number of hydrogen-bond donors (Lipinski definition) is 1. The number of alkyl halides is 1. The molecule has 4 nitrogen and oxygen atoms in total. The quantitative estimate of drug-likeness (QED) is 0.805. The smallest absolute Gasteiger partial charge is 0.226 e. The summed E-state index contributed by atoms with van der Waals surface area (Å²) in [5.74, 6) is 0.850. The Morgan fingerprint density at radius 3 is 3.05 bits per heavy atom. The number of carbonyl (C=O) groups excluding carboxylic acids is 1. The van der Waals surface area contributed by atoms with Gasteiger partial charge in [0.15, 0.2) is 0 Å². The zero-order chi connectivity index (χ0) is 14.4. The Balaban J connectivity index is 1.96. The maximum atomic E-state index is 11.9. The van der Waals surface area contributed by atoms with Gasteiger partial charge in [0.2, 0.25) is 5.91 Å². The molecule has 0 aliphatic carbocycles. The summed E-state index contributed by atoms with van der Waals surface area (Å²) in [4.78, 5) is 11.9. The summed E-state index contributed by atoms with van der Waals surface area (Å²) in [5.41, 5.74) is 1.83. The van der Waals surface area contributed by atoms with Gasteiger partial charge in [-0.1, -0.05) is 15.9 Å². The predicted octanol–water partition coefficient (Wildman–Crippen LogP) is 3.49. The topological polar surface area (TPSA) is 47.6 Å². The fourth-order valence-corrected chi connectivity index (χ4v) is 2.72. The van der Waals surface area contributed by atoms with Gasteiger partial charge in [0.25, 0.3) is 0 Å². The summed E-state index contributed by atoms with van der Waals surface area (Å²) < 4.78 is 11.0. The molecule has 1 aliphatic rings. The third-order valence-electron chi connectivity index (χ3n) is 3.23. The van der Waals surface area contributed by atoms with Crippen molar-refractivity contribution in [2.75, 3.05) is 18.5 Å². The van der Waals surface area contributed by atoms with Crippen LogP contribution in [0.3, 0.4) is 0 Å². The number of ether oxygens (including phenoxy) is 2. The van der Waals surface area contributed by atoms with Crippen molar-refractivity contribution >= 4 is 27.5 Å². The first-order valence-corrected chi connectivity index (χ1v) is 8.08. The molecule has 1 fully saturated rings. The molecule has 0 spiro atoms. The van der Waals surface area contributed by atoms with E-state index < -0.39 is 0 Å². The highest BCUT2D eigenvalue weighted by molar-refractivity contribution is 9.08. The minimum absolute atomic E-state index is 0.00147. The van der Waals surface area contributed by atoms with E-state index in [-0.39, 0.29) is 12.0 Å². The molecular formula is C15H20BrNO3. The molecule has 5 heteroatoms. The summed E-state index contributed by atoms with van der Waals surface area (Å²) in [5, 5.41) is 3.61. The van der Waals surface area contributed by atoms with Gasteiger partial charge in [0.05, 0.1) is 19.1 Å². The monoisotopic (exact) mass is 341 g/mol. The zero-order valence-corrected chi connectivity index (χ0v) is 13.2. The second-order valence-electron chi connectivity index (χ2n) is 4.78. The van der Waals surface area contributed by atoms with Crippen LogP contribution >= 0.6 is 15.9 Å². The molecule has 2 rings (SSSR count). The Kier molecular flexibility index (Phi) is 5.86. The maximum absolute atomic E-state index is 11.9. The summed E-state index contributed by atoms with van der Waals surface area (Å²) in [6, 6.07) is 5.69. The fraction of sp³-hybridized carbons (Fsp3) is 0.533. The van der Waals surface area contributed by atoms with Crippen LogP contribution < -0.4 is 10.1 Å². The van der Waals surface area contributed by atoms with Crippen LogP contribution in [0.5, 0.6) is 5.75 Å². The van der Waals surface area contributed by atoms with Crippen molar-refractivity contribution in [3.8, 4) is 5.75 Å². The first-order valence-electron chi connectivity index (χ1n) is 6.96. The van der Waals surface area contributed by atoms with Crippen LogP contribution in [0.1, 0.15) is 31.7 Å². The van der Waals surface area contributed by atoms with Crippen molar-refractivity contribution < 1.29 is 14.3 Å². The molecule has 1 saturated heterocycles. The van der Waals surface area contributed by atoms with Gasteiger partial charge in [0, 0.05) is 23.2 Å². The van der Waals surface area contributed by atoms with E-state index in [9.17, 15) is 4.79 Å². The van der Waals surface area contributed by atoms with E-state index in [4.69, 9.17) is 9.47 Å². The first kappa shape index (κ1) is 15.3. The van der Waals surface area contributed by atoms with Crippen molar-refractivity contribution in [2.24, 2.45) is 0 Å². The van der Waals surface area contributed by atoms with E-state index >= 15 is 0 Å². The highest BCUT2D eigenvalue weighted by Gasteiger charge is 2.19. The number of benzene rings is 1. The number of carbonyl (C=O) groups is 1. The molecule has 0 saturated carbocycles. The lowest BCUT2D eigenvalue weighted by atomic mass is 10.1. The van der Waals surface area contributed by atoms with Gasteiger partial charge in [-0.05, 0) is 38.0 Å². The van der Waals surface area contributed by atoms with Crippen LogP contribution in [0.4, 0.5) is 5.69 Å². The molecule has 1 atom stereocenters. The highest BCUT2D eigenvalue weighted by Crippen LogP contribution is 2.25. The lowest BCUT2D eigenvalue weighted by Crippen LogP contribution is -2.19. The van der Waals surface area contributed by atoms with Gasteiger partial charge in [-0.25, -0.2) is 0 Å². The van der Waals surface area contributed by atoms with Gasteiger partial charge in [-0.15, -0.1) is 0 Å². The number of halogens is 1. The number of hydrogen-bond acceptors (Lipinski definition) is 3. The van der Waals surface area contributed by atoms with Crippen molar-refractivity contribution in [3.63, 3.8) is 0 Å². The van der Waals surface area contributed by atoms with E-state index in [0.717, 1.165) is 36.4 Å². The number of amides is 1. The largest absolute Gasteiger partial charge is 0.494 e. The highest BCUT2D eigenvalue weighted by atomic mass is 79.9. The lowest BCUT2D eigenvalue weighted by Gasteiger charge is -2.13. The van der Waals surface area contributed by atoms with Crippen LogP contribution in [-0.2, 0) is 14.9 Å². The number of anilines is 1. The molecule has 0 aromatic heterocycles. The van der Waals surface area contributed by atoms with Crippen LogP contribution in [0.25, 0.3) is 0 Å². The molecule has 1 heterocycles. The van der Waals surface area contributed by atoms with Crippen LogP contribution in [0.15, 0.2) is 18.2 Å². The summed E-state index contributed by atoms with van der Waals surface area (Å²) in [6.45, 7) is 3.36. The predicted molar refractivity (Wildman–Crippen MR) is 82.5 cm³/mol. The average Bonchev–Trinajstić information content (AvgIpc) is 2.93. The van der Waals surface area contributed by atoms with E-state index in [1.807, 2.05) is 25.1 Å². The minimum atomic E-state index is 0.00147. The SMILES string of the molecule is CCOc1ccc(NC(=O)CC2CCCO2)cc1CBr. The van der Waals surface area contributed by atoms with Crippen molar-refractivity contribution in [1.29, 1.82) is 0 Å². The summed E-state index contributed by atoms with van der Waals surface area (Å²) >= 11 is 3.44. The third kappa shape index (κ3) is 4.21. The Morgan fingerprint density at radius 1 is 1.55 bits per heavy atom. The summed E-state index contributed by atoms with van der Waals surface area (Å²) in [6.07, 6.45) is 2.53. The van der Waals surface area contributed by atoms with Crippen LogP contribution in [-0.4, -0.2) is 25.2 Å². The normalized spacial score (nSPS) is 18.0. The van der Waals surface area contributed by atoms with Crippen LogP contribution in [0, 0.1) is 0 Å². The van der Waals surface area contributed by atoms with Crippen molar-refractivity contribution in [1.82, 2.24) is 0 Å².